The normalized spacial score (nSPS) is 12.4. The molecule has 0 aliphatic rings. The predicted octanol–water partition coefficient (Wildman–Crippen LogP) is 4.24. The Labute approximate surface area is 154 Å². The summed E-state index contributed by atoms with van der Waals surface area (Å²) in [5, 5.41) is 4.51. The van der Waals surface area contributed by atoms with Crippen molar-refractivity contribution >= 4 is 11.6 Å². The Balaban J connectivity index is 2.16. The minimum Gasteiger partial charge on any atom is -0.493 e. The molecule has 0 fully saturated rings. The highest BCUT2D eigenvalue weighted by Crippen LogP contribution is 2.37. The molecule has 6 nitrogen and oxygen atoms in total. The van der Waals surface area contributed by atoms with E-state index in [9.17, 15) is 0 Å². The van der Waals surface area contributed by atoms with Crippen molar-refractivity contribution in [3.05, 3.63) is 34.4 Å². The molecule has 0 unspecified atom stereocenters. The van der Waals surface area contributed by atoms with Gasteiger partial charge in [0, 0.05) is 13.5 Å². The third kappa shape index (κ3) is 5.34. The molecule has 0 aliphatic carbocycles. The lowest BCUT2D eigenvalue weighted by Gasteiger charge is -2.21. The van der Waals surface area contributed by atoms with Gasteiger partial charge in [0.25, 0.3) is 0 Å². The predicted molar refractivity (Wildman–Crippen MR) is 97.2 cm³/mol. The summed E-state index contributed by atoms with van der Waals surface area (Å²) in [6, 6.07) is 3.89. The zero-order valence-corrected chi connectivity index (χ0v) is 16.3. The highest BCUT2D eigenvalue weighted by atomic mass is 35.5. The van der Waals surface area contributed by atoms with Gasteiger partial charge in [-0.2, -0.15) is 4.98 Å². The monoisotopic (exact) mass is 367 g/mol. The molecule has 7 heteroatoms. The van der Waals surface area contributed by atoms with Crippen LogP contribution in [0.3, 0.4) is 0 Å². The maximum atomic E-state index is 6.44. The molecule has 1 atom stereocenters. The summed E-state index contributed by atoms with van der Waals surface area (Å²) < 4.78 is 16.4. The SMILES string of the molecule is CC[C@H](C)Oc1c(Cl)cc(CN(CC)Cc2noc(C)n2)cc1OC. The van der Waals surface area contributed by atoms with Crippen LogP contribution in [0.5, 0.6) is 11.5 Å². The first kappa shape index (κ1) is 19.5. The number of aryl methyl sites for hydroxylation is 1. The van der Waals surface area contributed by atoms with E-state index in [0.717, 1.165) is 18.5 Å². The van der Waals surface area contributed by atoms with Crippen LogP contribution >= 0.6 is 11.6 Å². The first-order valence-corrected chi connectivity index (χ1v) is 8.89. The molecule has 1 heterocycles. The summed E-state index contributed by atoms with van der Waals surface area (Å²) in [5.74, 6) is 2.49. The number of ether oxygens (including phenoxy) is 2. The lowest BCUT2D eigenvalue weighted by atomic mass is 10.1. The molecule has 2 aromatic rings. The van der Waals surface area contributed by atoms with Crippen molar-refractivity contribution in [1.82, 2.24) is 15.0 Å². The summed E-state index contributed by atoms with van der Waals surface area (Å²) in [4.78, 5) is 6.46. The standard InChI is InChI=1S/C18H26ClN3O3/c1-6-12(3)24-18-15(19)8-14(9-16(18)23-5)10-22(7-2)11-17-20-13(4)25-21-17/h8-9,12H,6-7,10-11H2,1-5H3/t12-/m0/s1. The Morgan fingerprint density at radius 1 is 1.28 bits per heavy atom. The van der Waals surface area contributed by atoms with Crippen LogP contribution in [0.1, 0.15) is 44.5 Å². The Morgan fingerprint density at radius 2 is 2.04 bits per heavy atom. The number of hydrogen-bond donors (Lipinski definition) is 0. The van der Waals surface area contributed by atoms with Crippen molar-refractivity contribution < 1.29 is 14.0 Å². The maximum absolute atomic E-state index is 6.44. The summed E-state index contributed by atoms with van der Waals surface area (Å²) in [5.41, 5.74) is 1.04. The van der Waals surface area contributed by atoms with Crippen LogP contribution < -0.4 is 9.47 Å². The topological polar surface area (TPSA) is 60.6 Å². The van der Waals surface area contributed by atoms with Crippen LogP contribution in [0.4, 0.5) is 0 Å². The fourth-order valence-electron chi connectivity index (χ4n) is 2.41. The Morgan fingerprint density at radius 3 is 2.60 bits per heavy atom. The minimum atomic E-state index is 0.0749. The van der Waals surface area contributed by atoms with Gasteiger partial charge in [-0.15, -0.1) is 0 Å². The van der Waals surface area contributed by atoms with E-state index in [1.807, 2.05) is 19.1 Å². The second-order valence-corrected chi connectivity index (χ2v) is 6.39. The van der Waals surface area contributed by atoms with Gasteiger partial charge in [0.15, 0.2) is 17.3 Å². The average molecular weight is 368 g/mol. The first-order chi connectivity index (χ1) is 12.0. The van der Waals surface area contributed by atoms with Crippen molar-refractivity contribution in [2.75, 3.05) is 13.7 Å². The van der Waals surface area contributed by atoms with Crippen molar-refractivity contribution in [3.8, 4) is 11.5 Å². The molecule has 0 amide bonds. The third-order valence-corrected chi connectivity index (χ3v) is 4.25. The van der Waals surface area contributed by atoms with Crippen molar-refractivity contribution in [2.45, 2.75) is 53.3 Å². The molecule has 138 valence electrons. The van der Waals surface area contributed by atoms with E-state index < -0.39 is 0 Å². The van der Waals surface area contributed by atoms with Gasteiger partial charge in [-0.3, -0.25) is 4.90 Å². The molecular weight excluding hydrogens is 342 g/mol. The van der Waals surface area contributed by atoms with Crippen molar-refractivity contribution in [1.29, 1.82) is 0 Å². The zero-order valence-electron chi connectivity index (χ0n) is 15.5. The van der Waals surface area contributed by atoms with E-state index in [-0.39, 0.29) is 6.10 Å². The molecule has 1 aromatic heterocycles. The van der Waals surface area contributed by atoms with E-state index >= 15 is 0 Å². The number of aromatic nitrogens is 2. The van der Waals surface area contributed by atoms with E-state index in [4.69, 9.17) is 25.6 Å². The Kier molecular flexibility index (Phi) is 7.08. The van der Waals surface area contributed by atoms with E-state index in [1.165, 1.54) is 0 Å². The summed E-state index contributed by atoms with van der Waals surface area (Å²) in [6.07, 6.45) is 0.973. The number of methoxy groups -OCH3 is 1. The zero-order chi connectivity index (χ0) is 18.4. The Hall–Kier alpha value is -1.79. The molecule has 0 radical (unpaired) electrons. The number of hydrogen-bond acceptors (Lipinski definition) is 6. The third-order valence-electron chi connectivity index (χ3n) is 3.97. The van der Waals surface area contributed by atoms with Gasteiger partial charge in [0.2, 0.25) is 5.89 Å². The average Bonchev–Trinajstić information content (AvgIpc) is 3.00. The summed E-state index contributed by atoms with van der Waals surface area (Å²) >= 11 is 6.44. The largest absolute Gasteiger partial charge is 0.493 e. The lowest BCUT2D eigenvalue weighted by Crippen LogP contribution is -2.23. The fourth-order valence-corrected chi connectivity index (χ4v) is 2.68. The van der Waals surface area contributed by atoms with Crippen molar-refractivity contribution in [3.63, 3.8) is 0 Å². The van der Waals surface area contributed by atoms with Crippen LogP contribution in [-0.2, 0) is 13.1 Å². The second kappa shape index (κ2) is 9.06. The molecule has 0 aliphatic heterocycles. The molecule has 0 saturated carbocycles. The van der Waals surface area contributed by atoms with E-state index in [1.54, 1.807) is 14.0 Å². The van der Waals surface area contributed by atoms with Gasteiger partial charge in [-0.05, 0) is 37.6 Å². The van der Waals surface area contributed by atoms with Crippen LogP contribution in [0.15, 0.2) is 16.7 Å². The van der Waals surface area contributed by atoms with Gasteiger partial charge in [-0.1, -0.05) is 30.6 Å². The van der Waals surface area contributed by atoms with Crippen LogP contribution in [-0.4, -0.2) is 34.8 Å². The van der Waals surface area contributed by atoms with Crippen LogP contribution in [0, 0.1) is 6.92 Å². The fraction of sp³-hybridized carbons (Fsp3) is 0.556. The molecule has 0 N–H and O–H groups in total. The molecule has 0 bridgehead atoms. The molecule has 2 rings (SSSR count). The summed E-state index contributed by atoms with van der Waals surface area (Å²) in [7, 11) is 1.62. The number of nitrogens with zero attached hydrogens (tertiary/aromatic N) is 3. The maximum Gasteiger partial charge on any atom is 0.223 e. The number of halogens is 1. The van der Waals surface area contributed by atoms with E-state index in [0.29, 0.717) is 41.3 Å². The van der Waals surface area contributed by atoms with Gasteiger partial charge in [0.05, 0.1) is 24.8 Å². The van der Waals surface area contributed by atoms with Crippen molar-refractivity contribution in [2.24, 2.45) is 0 Å². The smallest absolute Gasteiger partial charge is 0.223 e. The van der Waals surface area contributed by atoms with Crippen LogP contribution in [0.25, 0.3) is 0 Å². The highest BCUT2D eigenvalue weighted by Gasteiger charge is 2.16. The highest BCUT2D eigenvalue weighted by molar-refractivity contribution is 6.32. The first-order valence-electron chi connectivity index (χ1n) is 8.51. The van der Waals surface area contributed by atoms with Crippen LogP contribution in [0.2, 0.25) is 5.02 Å². The molecule has 25 heavy (non-hydrogen) atoms. The van der Waals surface area contributed by atoms with Gasteiger partial charge in [-0.25, -0.2) is 0 Å². The van der Waals surface area contributed by atoms with E-state index in [2.05, 4.69) is 28.9 Å². The minimum absolute atomic E-state index is 0.0749. The number of benzene rings is 1. The van der Waals surface area contributed by atoms with Gasteiger partial charge >= 0.3 is 0 Å². The molecule has 1 aromatic carbocycles. The second-order valence-electron chi connectivity index (χ2n) is 5.98. The molecule has 0 spiro atoms. The lowest BCUT2D eigenvalue weighted by molar-refractivity contribution is 0.207. The van der Waals surface area contributed by atoms with Gasteiger partial charge in [0.1, 0.15) is 0 Å². The quantitative estimate of drug-likeness (QED) is 0.660. The summed E-state index contributed by atoms with van der Waals surface area (Å²) in [6.45, 7) is 10.1. The van der Waals surface area contributed by atoms with Gasteiger partial charge < -0.3 is 14.0 Å². The molecular formula is C18H26ClN3O3. The molecule has 0 saturated heterocycles. The Bertz CT molecular complexity index is 690. The number of rotatable bonds is 9.